The third kappa shape index (κ3) is 4.55. The van der Waals surface area contributed by atoms with E-state index in [1.165, 1.54) is 18.6 Å². The van der Waals surface area contributed by atoms with Gasteiger partial charge < -0.3 is 0 Å². The first-order valence-electron chi connectivity index (χ1n) is 5.51. The molecule has 22 heavy (non-hydrogen) atoms. The van der Waals surface area contributed by atoms with Crippen LogP contribution in [0.3, 0.4) is 0 Å². The summed E-state index contributed by atoms with van der Waals surface area (Å²) in [6, 6.07) is 0. The quantitative estimate of drug-likeness (QED) is 0.571. The van der Waals surface area contributed by atoms with Crippen molar-refractivity contribution in [3.63, 3.8) is 0 Å². The van der Waals surface area contributed by atoms with Crippen LogP contribution in [-0.2, 0) is 13.1 Å². The van der Waals surface area contributed by atoms with E-state index in [0.717, 1.165) is 0 Å². The summed E-state index contributed by atoms with van der Waals surface area (Å²) < 4.78 is 4.82. The minimum atomic E-state index is -0.465. The Labute approximate surface area is 155 Å². The normalized spacial score (nSPS) is 10.6. The van der Waals surface area contributed by atoms with Gasteiger partial charge >= 0.3 is 33.3 Å². The molecule has 0 saturated carbocycles. The van der Waals surface area contributed by atoms with Gasteiger partial charge in [-0.25, -0.2) is 14.0 Å². The van der Waals surface area contributed by atoms with Gasteiger partial charge in [0.05, 0.1) is 33.7 Å². The summed E-state index contributed by atoms with van der Waals surface area (Å²) in [5.41, 5.74) is 0. The van der Waals surface area contributed by atoms with Crippen LogP contribution < -0.4 is 0 Å². The van der Waals surface area contributed by atoms with Crippen LogP contribution in [0, 0.1) is 0 Å². The second-order valence-corrected chi connectivity index (χ2v) is 7.08. The topological polar surface area (TPSA) is 53.5 Å². The molecular weight excluding hydrogens is 436 g/mol. The van der Waals surface area contributed by atoms with E-state index in [9.17, 15) is 0 Å². The predicted octanol–water partition coefficient (Wildman–Crippen LogP) is 4.17. The van der Waals surface area contributed by atoms with Gasteiger partial charge in [-0.3, -0.25) is 0 Å². The van der Waals surface area contributed by atoms with E-state index in [1.54, 1.807) is 32.6 Å². The fraction of sp³-hybridized carbons (Fsp3) is 0.100. The number of hydrogen-bond donors (Lipinski definition) is 0. The monoisotopic (exact) mass is 441 g/mol. The summed E-state index contributed by atoms with van der Waals surface area (Å²) in [5, 5.41) is 14.0. The Hall–Kier alpha value is -0.401. The molecule has 3 heterocycles. The number of rotatable bonds is 3. The van der Waals surface area contributed by atoms with E-state index >= 15 is 0 Å². The van der Waals surface area contributed by atoms with Crippen LogP contribution in [0.1, 0.15) is 6.29 Å². The van der Waals surface area contributed by atoms with Crippen LogP contribution in [0.5, 0.6) is 0 Å². The van der Waals surface area contributed by atoms with E-state index in [1.807, 2.05) is 0 Å². The third-order valence-corrected chi connectivity index (χ3v) is 3.01. The molecule has 0 aliphatic heterocycles. The molecule has 0 fully saturated rings. The zero-order chi connectivity index (χ0) is 16.1. The summed E-state index contributed by atoms with van der Waals surface area (Å²) in [4.78, 5) is 0. The zero-order valence-electron chi connectivity index (χ0n) is 10.5. The Balaban J connectivity index is 0.000000545. The molecule has 3 aromatic heterocycles. The van der Waals surface area contributed by atoms with Gasteiger partial charge in [0.1, 0.15) is 0 Å². The fourth-order valence-electron chi connectivity index (χ4n) is 1.69. The molecule has 0 amide bonds. The van der Waals surface area contributed by atoms with Crippen molar-refractivity contribution in [1.29, 1.82) is 0 Å². The molecule has 0 bridgehead atoms. The molecule has 0 radical (unpaired) electrons. The van der Waals surface area contributed by atoms with Gasteiger partial charge in [-0.2, -0.15) is 15.3 Å². The average Bonchev–Trinajstić information content (AvgIpc) is 3.16. The van der Waals surface area contributed by atoms with Crippen LogP contribution in [-0.4, -0.2) is 29.3 Å². The average molecular weight is 443 g/mol. The molecule has 12 heteroatoms. The number of hydrogen-bond acceptors (Lipinski definition) is 3. The SMILES string of the molecule is Clc1cnn(C(n2cc(Cl)cn2)n2cc(Cl)cn2)c1.[Cl][Mn][Cl]. The first-order valence-corrected chi connectivity index (χ1v) is 9.89. The van der Waals surface area contributed by atoms with Crippen molar-refractivity contribution in [1.82, 2.24) is 29.3 Å². The van der Waals surface area contributed by atoms with E-state index in [-0.39, 0.29) is 13.1 Å². The molecule has 0 saturated heterocycles. The van der Waals surface area contributed by atoms with Crippen LogP contribution >= 0.6 is 55.0 Å². The van der Waals surface area contributed by atoms with Crippen LogP contribution in [0.4, 0.5) is 0 Å². The van der Waals surface area contributed by atoms with Crippen molar-refractivity contribution in [2.24, 2.45) is 0 Å². The van der Waals surface area contributed by atoms with Gasteiger partial charge in [0.15, 0.2) is 0 Å². The first-order chi connectivity index (χ1) is 10.5. The van der Waals surface area contributed by atoms with Crippen molar-refractivity contribution in [3.8, 4) is 0 Å². The van der Waals surface area contributed by atoms with E-state index in [0.29, 0.717) is 15.1 Å². The van der Waals surface area contributed by atoms with E-state index < -0.39 is 6.29 Å². The molecule has 6 nitrogen and oxygen atoms in total. The van der Waals surface area contributed by atoms with Crippen molar-refractivity contribution >= 4 is 55.0 Å². The van der Waals surface area contributed by atoms with Gasteiger partial charge in [-0.05, 0) is 0 Å². The van der Waals surface area contributed by atoms with E-state index in [4.69, 9.17) is 55.0 Å². The summed E-state index contributed by atoms with van der Waals surface area (Å²) in [6.07, 6.45) is 9.12. The summed E-state index contributed by atoms with van der Waals surface area (Å²) in [5.74, 6) is 0. The molecule has 0 aromatic carbocycles. The van der Waals surface area contributed by atoms with Gasteiger partial charge in [-0.15, -0.1) is 0 Å². The van der Waals surface area contributed by atoms with Crippen LogP contribution in [0.25, 0.3) is 0 Å². The maximum atomic E-state index is 5.90. The summed E-state index contributed by atoms with van der Waals surface area (Å²) in [7, 11) is 9.59. The predicted molar refractivity (Wildman–Crippen MR) is 83.2 cm³/mol. The Bertz CT molecular complexity index is 629. The van der Waals surface area contributed by atoms with Crippen molar-refractivity contribution < 1.29 is 13.1 Å². The van der Waals surface area contributed by atoms with Gasteiger partial charge in [-0.1, -0.05) is 34.8 Å². The Morgan fingerprint density at radius 1 is 0.727 bits per heavy atom. The Morgan fingerprint density at radius 2 is 1.00 bits per heavy atom. The Morgan fingerprint density at radius 3 is 1.18 bits per heavy atom. The van der Waals surface area contributed by atoms with Gasteiger partial charge in [0.25, 0.3) is 0 Å². The minimum absolute atomic E-state index is 0.00694. The van der Waals surface area contributed by atoms with Gasteiger partial charge in [0, 0.05) is 18.6 Å². The molecular formula is C10H7Cl5MnN6. The molecule has 0 aliphatic rings. The summed E-state index contributed by atoms with van der Waals surface area (Å²) in [6.45, 7) is 0. The van der Waals surface area contributed by atoms with Crippen molar-refractivity contribution in [2.75, 3.05) is 0 Å². The number of aromatic nitrogens is 6. The molecule has 3 aromatic rings. The second-order valence-electron chi connectivity index (χ2n) is 3.82. The number of halogens is 5. The first kappa shape index (κ1) is 17.9. The molecule has 0 atom stereocenters. The van der Waals surface area contributed by atoms with Crippen molar-refractivity contribution in [3.05, 3.63) is 52.2 Å². The van der Waals surface area contributed by atoms with Crippen molar-refractivity contribution in [2.45, 2.75) is 6.29 Å². The standard InChI is InChI=1S/C10H7Cl3N6.2ClH.Mn/c11-7-1-14-17(4-7)10(18-5-8(12)2-15-18)19-6-9(13)3-16-19;;;/h1-6,10H;2*1H;/q;;;+2/p-2. The second kappa shape index (κ2) is 8.45. The van der Waals surface area contributed by atoms with Gasteiger partial charge in [0.2, 0.25) is 6.29 Å². The zero-order valence-corrected chi connectivity index (χ0v) is 15.5. The molecule has 3 rings (SSSR count). The van der Waals surface area contributed by atoms with Crippen LogP contribution in [0.15, 0.2) is 37.2 Å². The number of nitrogens with zero attached hydrogens (tertiary/aromatic N) is 6. The maximum absolute atomic E-state index is 5.90. The molecule has 0 N–H and O–H groups in total. The molecule has 0 aliphatic carbocycles. The van der Waals surface area contributed by atoms with Crippen LogP contribution in [0.2, 0.25) is 15.1 Å². The Kier molecular flexibility index (Phi) is 6.89. The molecule has 0 unspecified atom stereocenters. The molecule has 0 spiro atoms. The van der Waals surface area contributed by atoms with E-state index in [2.05, 4.69) is 15.3 Å². The summed E-state index contributed by atoms with van der Waals surface area (Å²) >= 11 is 17.7. The molecule has 119 valence electrons. The third-order valence-electron chi connectivity index (χ3n) is 2.42. The fourth-order valence-corrected chi connectivity index (χ4v) is 2.12.